The zero-order chi connectivity index (χ0) is 7.28. The van der Waals surface area contributed by atoms with E-state index in [0.29, 0.717) is 5.75 Å². The SMILES string of the molecule is CC(CS(C)=O)NC#N. The Kier molecular flexibility index (Phi) is 4.06. The summed E-state index contributed by atoms with van der Waals surface area (Å²) in [7, 11) is -0.811. The van der Waals surface area contributed by atoms with Gasteiger partial charge in [0.05, 0.1) is 0 Å². The molecule has 0 rings (SSSR count). The molecule has 1 N–H and O–H groups in total. The Morgan fingerprint density at radius 3 is 2.78 bits per heavy atom. The Morgan fingerprint density at radius 2 is 2.44 bits per heavy atom. The second-order valence-electron chi connectivity index (χ2n) is 1.90. The molecule has 3 nitrogen and oxygen atoms in total. The third kappa shape index (κ3) is 5.31. The van der Waals surface area contributed by atoms with Crippen molar-refractivity contribution >= 4 is 10.8 Å². The maximum absolute atomic E-state index is 10.5. The van der Waals surface area contributed by atoms with Gasteiger partial charge in [-0.1, -0.05) is 0 Å². The van der Waals surface area contributed by atoms with E-state index in [4.69, 9.17) is 5.26 Å². The maximum Gasteiger partial charge on any atom is 0.176 e. The smallest absolute Gasteiger partial charge is 0.176 e. The van der Waals surface area contributed by atoms with Crippen molar-refractivity contribution in [3.05, 3.63) is 0 Å². The largest absolute Gasteiger partial charge is 0.320 e. The molecule has 2 unspecified atom stereocenters. The van der Waals surface area contributed by atoms with Crippen molar-refractivity contribution in [2.75, 3.05) is 12.0 Å². The highest BCUT2D eigenvalue weighted by atomic mass is 32.2. The average molecular weight is 146 g/mol. The summed E-state index contributed by atoms with van der Waals surface area (Å²) in [5.41, 5.74) is 0. The van der Waals surface area contributed by atoms with Crippen molar-refractivity contribution in [3.8, 4) is 6.19 Å². The third-order valence-electron chi connectivity index (χ3n) is 0.796. The van der Waals surface area contributed by atoms with E-state index in [-0.39, 0.29) is 6.04 Å². The standard InChI is InChI=1S/C5H10N2OS/c1-5(7-4-6)3-9(2)8/h5,7H,3H2,1-2H3. The fourth-order valence-electron chi connectivity index (χ4n) is 0.504. The lowest BCUT2D eigenvalue weighted by Crippen LogP contribution is -2.26. The molecule has 0 bridgehead atoms. The predicted molar refractivity (Wildman–Crippen MR) is 37.1 cm³/mol. The molecule has 9 heavy (non-hydrogen) atoms. The number of nitrogens with one attached hydrogen (secondary N) is 1. The molecular weight excluding hydrogens is 136 g/mol. The van der Waals surface area contributed by atoms with Crippen LogP contribution in [0.3, 0.4) is 0 Å². The third-order valence-corrected chi connectivity index (χ3v) is 1.77. The van der Waals surface area contributed by atoms with Crippen LogP contribution in [0.4, 0.5) is 0 Å². The zero-order valence-corrected chi connectivity index (χ0v) is 6.36. The molecule has 0 aromatic rings. The molecule has 0 aromatic heterocycles. The Hall–Kier alpha value is -0.560. The zero-order valence-electron chi connectivity index (χ0n) is 5.55. The lowest BCUT2D eigenvalue weighted by Gasteiger charge is -2.04. The van der Waals surface area contributed by atoms with E-state index in [9.17, 15) is 4.21 Å². The molecule has 2 atom stereocenters. The molecule has 0 amide bonds. The van der Waals surface area contributed by atoms with Gasteiger partial charge in [-0.2, -0.15) is 5.26 Å². The molecule has 0 radical (unpaired) electrons. The molecule has 0 aliphatic heterocycles. The van der Waals surface area contributed by atoms with Crippen LogP contribution in [0.25, 0.3) is 0 Å². The number of nitriles is 1. The van der Waals surface area contributed by atoms with Crippen molar-refractivity contribution in [2.45, 2.75) is 13.0 Å². The lowest BCUT2D eigenvalue weighted by atomic mass is 10.4. The van der Waals surface area contributed by atoms with Crippen LogP contribution in [0, 0.1) is 11.5 Å². The molecule has 52 valence electrons. The summed E-state index contributed by atoms with van der Waals surface area (Å²) in [6.45, 7) is 1.82. The summed E-state index contributed by atoms with van der Waals surface area (Å²) >= 11 is 0. The van der Waals surface area contributed by atoms with E-state index < -0.39 is 10.8 Å². The first kappa shape index (κ1) is 8.44. The predicted octanol–water partition coefficient (Wildman–Crippen LogP) is -0.176. The summed E-state index contributed by atoms with van der Waals surface area (Å²) in [6, 6.07) is 0.0285. The van der Waals surface area contributed by atoms with E-state index in [2.05, 4.69) is 5.32 Å². The van der Waals surface area contributed by atoms with Gasteiger partial charge in [0.1, 0.15) is 0 Å². The van der Waals surface area contributed by atoms with E-state index in [0.717, 1.165) is 0 Å². The highest BCUT2D eigenvalue weighted by molar-refractivity contribution is 7.84. The summed E-state index contributed by atoms with van der Waals surface area (Å²) in [5.74, 6) is 0.535. The van der Waals surface area contributed by atoms with Crippen molar-refractivity contribution in [1.82, 2.24) is 5.32 Å². The first-order valence-electron chi connectivity index (χ1n) is 2.61. The number of rotatable bonds is 3. The fourth-order valence-corrected chi connectivity index (χ4v) is 1.29. The van der Waals surface area contributed by atoms with Crippen molar-refractivity contribution in [2.24, 2.45) is 0 Å². The molecule has 0 aromatic carbocycles. The molecule has 0 saturated carbocycles. The van der Waals surface area contributed by atoms with Crippen molar-refractivity contribution in [3.63, 3.8) is 0 Å². The van der Waals surface area contributed by atoms with E-state index in [1.54, 1.807) is 12.4 Å². The first-order chi connectivity index (χ1) is 4.16. The molecule has 0 aliphatic rings. The molecule has 0 aliphatic carbocycles. The lowest BCUT2D eigenvalue weighted by molar-refractivity contribution is 0.667. The summed E-state index contributed by atoms with van der Waals surface area (Å²) in [4.78, 5) is 0. The molecular formula is C5H10N2OS. The highest BCUT2D eigenvalue weighted by Gasteiger charge is 2.00. The van der Waals surface area contributed by atoms with Gasteiger partial charge in [0.2, 0.25) is 0 Å². The molecule has 0 spiro atoms. The monoisotopic (exact) mass is 146 g/mol. The minimum Gasteiger partial charge on any atom is -0.320 e. The second-order valence-corrected chi connectivity index (χ2v) is 3.38. The van der Waals surface area contributed by atoms with Crippen LogP contribution in [0.5, 0.6) is 0 Å². The highest BCUT2D eigenvalue weighted by Crippen LogP contribution is 1.82. The van der Waals surface area contributed by atoms with Gasteiger partial charge in [0.25, 0.3) is 0 Å². The fraction of sp³-hybridized carbons (Fsp3) is 0.800. The van der Waals surface area contributed by atoms with Gasteiger partial charge < -0.3 is 5.32 Å². The van der Waals surface area contributed by atoms with Crippen molar-refractivity contribution in [1.29, 1.82) is 5.26 Å². The Balaban J connectivity index is 3.40. The van der Waals surface area contributed by atoms with Crippen LogP contribution in [0.2, 0.25) is 0 Å². The quantitative estimate of drug-likeness (QED) is 0.444. The normalized spacial score (nSPS) is 15.7. The molecule has 4 heteroatoms. The number of nitrogens with zero attached hydrogens (tertiary/aromatic N) is 1. The summed E-state index contributed by atoms with van der Waals surface area (Å²) in [5, 5.41) is 10.6. The van der Waals surface area contributed by atoms with Crippen LogP contribution in [0.15, 0.2) is 0 Å². The Bertz CT molecular complexity index is 140. The summed E-state index contributed by atoms with van der Waals surface area (Å²) < 4.78 is 10.5. The number of hydrogen-bond acceptors (Lipinski definition) is 3. The maximum atomic E-state index is 10.5. The van der Waals surface area contributed by atoms with Crippen LogP contribution >= 0.6 is 0 Å². The van der Waals surface area contributed by atoms with Crippen LogP contribution in [-0.4, -0.2) is 22.3 Å². The van der Waals surface area contributed by atoms with Gasteiger partial charge in [-0.3, -0.25) is 4.21 Å². The van der Waals surface area contributed by atoms with Crippen molar-refractivity contribution < 1.29 is 4.21 Å². The Morgan fingerprint density at radius 1 is 1.89 bits per heavy atom. The van der Waals surface area contributed by atoms with Gasteiger partial charge in [-0.25, -0.2) is 0 Å². The van der Waals surface area contributed by atoms with E-state index >= 15 is 0 Å². The minimum absolute atomic E-state index is 0.0285. The van der Waals surface area contributed by atoms with E-state index in [1.807, 2.05) is 6.92 Å². The van der Waals surface area contributed by atoms with Gasteiger partial charge in [0, 0.05) is 28.9 Å². The topological polar surface area (TPSA) is 52.9 Å². The summed E-state index contributed by atoms with van der Waals surface area (Å²) in [6.07, 6.45) is 3.41. The van der Waals surface area contributed by atoms with Crippen LogP contribution in [-0.2, 0) is 10.8 Å². The molecule has 0 saturated heterocycles. The van der Waals surface area contributed by atoms with Gasteiger partial charge in [-0.15, -0.1) is 0 Å². The molecule has 0 heterocycles. The minimum atomic E-state index is -0.811. The van der Waals surface area contributed by atoms with E-state index in [1.165, 1.54) is 0 Å². The number of hydrogen-bond donors (Lipinski definition) is 1. The van der Waals surface area contributed by atoms with Gasteiger partial charge in [-0.05, 0) is 6.92 Å². The average Bonchev–Trinajstić information content (AvgIpc) is 1.63. The van der Waals surface area contributed by atoms with Crippen LogP contribution in [0.1, 0.15) is 6.92 Å². The Labute approximate surface area is 57.5 Å². The van der Waals surface area contributed by atoms with Gasteiger partial charge in [0.15, 0.2) is 6.19 Å². The second kappa shape index (κ2) is 4.33. The first-order valence-corrected chi connectivity index (χ1v) is 4.34. The van der Waals surface area contributed by atoms with Gasteiger partial charge >= 0.3 is 0 Å². The van der Waals surface area contributed by atoms with Crippen LogP contribution < -0.4 is 5.32 Å². The molecule has 0 fully saturated rings.